The zero-order valence-corrected chi connectivity index (χ0v) is 6.60. The maximum absolute atomic E-state index is 10.7. The molecule has 0 fully saturated rings. The van der Waals surface area contributed by atoms with Crippen molar-refractivity contribution in [2.45, 2.75) is 0 Å². The van der Waals surface area contributed by atoms with E-state index in [-0.39, 0.29) is 11.8 Å². The maximum atomic E-state index is 10.7. The molecule has 0 rings (SSSR count). The molecule has 5 nitrogen and oxygen atoms in total. The van der Waals surface area contributed by atoms with Crippen LogP contribution < -0.4 is 11.1 Å². The Labute approximate surface area is 69.4 Å². The quantitative estimate of drug-likeness (QED) is 0.398. The Hall–Kier alpha value is -0.750. The van der Waals surface area contributed by atoms with Crippen LogP contribution in [0.2, 0.25) is 0 Å². The molecule has 0 aromatic carbocycles. The Morgan fingerprint density at radius 3 is 2.45 bits per heavy atom. The molecule has 0 aliphatic carbocycles. The third-order valence-electron chi connectivity index (χ3n) is 0.862. The number of thiol groups is 1. The molecule has 0 spiro atoms. The molecule has 0 atom stereocenters. The fourth-order valence-corrected chi connectivity index (χ4v) is 0.485. The van der Waals surface area contributed by atoms with Gasteiger partial charge in [0.15, 0.2) is 0 Å². The van der Waals surface area contributed by atoms with Crippen LogP contribution in [0.25, 0.3) is 0 Å². The first-order chi connectivity index (χ1) is 5.07. The predicted octanol–water partition coefficient (Wildman–Crippen LogP) is -1.39. The van der Waals surface area contributed by atoms with Gasteiger partial charge in [-0.15, -0.1) is 0 Å². The summed E-state index contributed by atoms with van der Waals surface area (Å²) in [5, 5.41) is 10.2. The van der Waals surface area contributed by atoms with Crippen molar-refractivity contribution in [1.29, 1.82) is 0 Å². The molecule has 0 bridgehead atoms. The summed E-state index contributed by atoms with van der Waals surface area (Å²) in [6.07, 6.45) is 0. The minimum atomic E-state index is -1.11. The molecule has 0 aromatic heterocycles. The van der Waals surface area contributed by atoms with Gasteiger partial charge in [-0.25, -0.2) is 0 Å². The summed E-state index contributed by atoms with van der Waals surface area (Å²) in [4.78, 5) is 20.6. The van der Waals surface area contributed by atoms with Gasteiger partial charge in [-0.3, -0.25) is 9.59 Å². The number of aliphatic carboxylic acids is 1. The van der Waals surface area contributed by atoms with E-state index < -0.39 is 18.4 Å². The highest BCUT2D eigenvalue weighted by molar-refractivity contribution is 7.80. The van der Waals surface area contributed by atoms with Crippen LogP contribution in [0.4, 0.5) is 0 Å². The molecule has 6 heteroatoms. The van der Waals surface area contributed by atoms with Crippen molar-refractivity contribution in [1.82, 2.24) is 5.32 Å². The number of nitrogens with two attached hydrogens (primary N) is 1. The number of carbonyl (C=O) groups excluding carboxylic acids is 1. The van der Waals surface area contributed by atoms with Crippen molar-refractivity contribution in [2.75, 3.05) is 12.3 Å². The molecule has 4 N–H and O–H groups in total. The summed E-state index contributed by atoms with van der Waals surface area (Å²) in [6, 6.07) is 0.00887. The number of nitrogens with one attached hydrogen (secondary N) is 1. The molecule has 63 valence electrons. The molecule has 0 aliphatic rings. The van der Waals surface area contributed by atoms with Crippen LogP contribution in [-0.4, -0.2) is 29.3 Å². The summed E-state index contributed by atoms with van der Waals surface area (Å²) < 4.78 is 0. The number of rotatable bonds is 4. The van der Waals surface area contributed by atoms with Gasteiger partial charge in [-0.05, 0) is 0 Å². The molecule has 11 heavy (non-hydrogen) atoms. The van der Waals surface area contributed by atoms with Gasteiger partial charge in [0.1, 0.15) is 12.6 Å². The van der Waals surface area contributed by atoms with Crippen LogP contribution in [0.1, 0.15) is 0 Å². The highest BCUT2D eigenvalue weighted by Crippen LogP contribution is 1.90. The molecule has 0 aromatic rings. The summed E-state index contributed by atoms with van der Waals surface area (Å²) in [7, 11) is 0. The topological polar surface area (TPSA) is 92.4 Å². The average Bonchev–Trinajstić information content (AvgIpc) is 1.98. The zero-order chi connectivity index (χ0) is 8.85. The molecule has 0 saturated carbocycles. The van der Waals surface area contributed by atoms with Crippen LogP contribution in [0.3, 0.4) is 0 Å². The van der Waals surface area contributed by atoms with E-state index in [1.165, 1.54) is 0 Å². The summed E-state index contributed by atoms with van der Waals surface area (Å²) in [5.41, 5.74) is 5.14. The first kappa shape index (κ1) is 10.2. The second kappa shape index (κ2) is 4.97. The average molecular weight is 177 g/mol. The van der Waals surface area contributed by atoms with Gasteiger partial charge in [0.25, 0.3) is 0 Å². The molecule has 0 unspecified atom stereocenters. The van der Waals surface area contributed by atoms with Gasteiger partial charge >= 0.3 is 5.97 Å². The highest BCUT2D eigenvalue weighted by atomic mass is 32.1. The lowest BCUT2D eigenvalue weighted by atomic mass is 10.3. The predicted molar refractivity (Wildman–Crippen MR) is 41.9 cm³/mol. The molecule has 1 amide bonds. The Balaban J connectivity index is 3.60. The van der Waals surface area contributed by atoms with Gasteiger partial charge in [0.05, 0.1) is 0 Å². The second-order valence-electron chi connectivity index (χ2n) is 1.76. The molecular formula is C5H9N2O3S. The lowest BCUT2D eigenvalue weighted by Gasteiger charge is -2.05. The fourth-order valence-electron chi connectivity index (χ4n) is 0.341. The van der Waals surface area contributed by atoms with E-state index in [1.54, 1.807) is 0 Å². The van der Waals surface area contributed by atoms with Crippen molar-refractivity contribution < 1.29 is 14.7 Å². The van der Waals surface area contributed by atoms with Gasteiger partial charge in [-0.1, -0.05) is 0 Å². The Kier molecular flexibility index (Phi) is 4.64. The fraction of sp³-hybridized carbons (Fsp3) is 0.400. The Bertz CT molecular complexity index is 162. The van der Waals surface area contributed by atoms with Gasteiger partial charge in [0.2, 0.25) is 5.91 Å². The van der Waals surface area contributed by atoms with Crippen LogP contribution in [-0.2, 0) is 9.59 Å². The van der Waals surface area contributed by atoms with Crippen molar-refractivity contribution in [3.05, 3.63) is 6.04 Å². The molecule has 1 radical (unpaired) electrons. The first-order valence-electron chi connectivity index (χ1n) is 2.80. The number of hydrogen-bond donors (Lipinski definition) is 4. The first-order valence-corrected chi connectivity index (χ1v) is 3.43. The van der Waals surface area contributed by atoms with E-state index in [0.29, 0.717) is 0 Å². The monoisotopic (exact) mass is 177 g/mol. The van der Waals surface area contributed by atoms with Crippen LogP contribution in [0, 0.1) is 6.04 Å². The second-order valence-corrected chi connectivity index (χ2v) is 2.08. The number of carboxylic acids is 1. The number of carbonyl (C=O) groups is 2. The van der Waals surface area contributed by atoms with E-state index in [0.717, 1.165) is 0 Å². The number of amides is 1. The van der Waals surface area contributed by atoms with Crippen LogP contribution in [0.15, 0.2) is 0 Å². The number of carboxylic acid groups (broad SMARTS) is 1. The highest BCUT2D eigenvalue weighted by Gasteiger charge is 2.12. The van der Waals surface area contributed by atoms with Crippen molar-refractivity contribution in [2.24, 2.45) is 5.73 Å². The Morgan fingerprint density at radius 2 is 2.09 bits per heavy atom. The summed E-state index contributed by atoms with van der Waals surface area (Å²) in [6.45, 7) is -0.423. The molecule has 0 heterocycles. The Morgan fingerprint density at radius 1 is 1.55 bits per heavy atom. The minimum Gasteiger partial charge on any atom is -0.480 e. The maximum Gasteiger partial charge on any atom is 0.322 e. The minimum absolute atomic E-state index is 0.00887. The summed E-state index contributed by atoms with van der Waals surface area (Å²) in [5.74, 6) is -1.57. The number of hydrogen-bond acceptors (Lipinski definition) is 4. The van der Waals surface area contributed by atoms with E-state index in [9.17, 15) is 9.59 Å². The molecular weight excluding hydrogens is 168 g/mol. The van der Waals surface area contributed by atoms with Gasteiger partial charge in [-0.2, -0.15) is 12.6 Å². The van der Waals surface area contributed by atoms with Crippen LogP contribution >= 0.6 is 12.6 Å². The lowest BCUT2D eigenvalue weighted by molar-refractivity contribution is -0.137. The molecule has 0 saturated heterocycles. The third-order valence-corrected chi connectivity index (χ3v) is 1.20. The van der Waals surface area contributed by atoms with Crippen LogP contribution in [0.5, 0.6) is 0 Å². The lowest BCUT2D eigenvalue weighted by Crippen LogP contribution is -2.37. The zero-order valence-electron chi connectivity index (χ0n) is 5.70. The third kappa shape index (κ3) is 4.63. The van der Waals surface area contributed by atoms with E-state index >= 15 is 0 Å². The van der Waals surface area contributed by atoms with Gasteiger partial charge < -0.3 is 16.2 Å². The van der Waals surface area contributed by atoms with Crippen molar-refractivity contribution in [3.8, 4) is 0 Å². The summed E-state index contributed by atoms with van der Waals surface area (Å²) >= 11 is 3.73. The van der Waals surface area contributed by atoms with Crippen molar-refractivity contribution >= 4 is 24.5 Å². The van der Waals surface area contributed by atoms with E-state index in [1.807, 2.05) is 0 Å². The molecule has 0 aliphatic heterocycles. The standard InChI is InChI=1S/C5H9N2O3S/c6-3(2-11)5(10)7-1-4(8)9/h11H,1-2,6H2,(H,7,10)(H,8,9). The van der Waals surface area contributed by atoms with E-state index in [2.05, 4.69) is 17.9 Å². The smallest absolute Gasteiger partial charge is 0.322 e. The SMILES string of the molecule is N[C](CS)C(=O)NCC(=O)O. The van der Waals surface area contributed by atoms with E-state index in [4.69, 9.17) is 10.8 Å². The van der Waals surface area contributed by atoms with Crippen molar-refractivity contribution in [3.63, 3.8) is 0 Å². The largest absolute Gasteiger partial charge is 0.480 e. The van der Waals surface area contributed by atoms with Gasteiger partial charge in [0, 0.05) is 5.75 Å². The normalized spacial score (nSPS) is 9.73.